The average molecular weight is 443 g/mol. The first-order chi connectivity index (χ1) is 14.0. The Balaban J connectivity index is 2.27. The number of nitrogens with zero attached hydrogens (tertiary/aromatic N) is 1. The first kappa shape index (κ1) is 23.7. The van der Waals surface area contributed by atoms with E-state index in [-0.39, 0.29) is 24.2 Å². The van der Waals surface area contributed by atoms with E-state index in [4.69, 9.17) is 4.18 Å². The fraction of sp³-hybridized carbons (Fsp3) is 0.381. The lowest BCUT2D eigenvalue weighted by Crippen LogP contribution is -2.37. The van der Waals surface area contributed by atoms with Gasteiger partial charge < -0.3 is 9.08 Å². The fourth-order valence-corrected chi connectivity index (χ4v) is 3.78. The predicted octanol–water partition coefficient (Wildman–Crippen LogP) is 5.01. The van der Waals surface area contributed by atoms with Crippen LogP contribution >= 0.6 is 0 Å². The Bertz CT molecular complexity index is 990. The van der Waals surface area contributed by atoms with Crippen LogP contribution in [0.4, 0.5) is 13.2 Å². The van der Waals surface area contributed by atoms with Gasteiger partial charge in [-0.1, -0.05) is 32.0 Å². The van der Waals surface area contributed by atoms with Crippen LogP contribution in [0.25, 0.3) is 0 Å². The Morgan fingerprint density at radius 2 is 1.77 bits per heavy atom. The molecule has 0 aromatic heterocycles. The second-order valence-corrected chi connectivity index (χ2v) is 8.39. The van der Waals surface area contributed by atoms with Gasteiger partial charge in [0.2, 0.25) is 5.91 Å². The summed E-state index contributed by atoms with van der Waals surface area (Å²) in [5, 5.41) is 0. The molecule has 0 fully saturated rings. The van der Waals surface area contributed by atoms with Crippen molar-refractivity contribution in [1.82, 2.24) is 4.90 Å². The second-order valence-electron chi connectivity index (χ2n) is 6.84. The summed E-state index contributed by atoms with van der Waals surface area (Å²) in [5.74, 6) is -0.0785. The summed E-state index contributed by atoms with van der Waals surface area (Å²) in [7, 11) is -4.46. The molecule has 0 radical (unpaired) electrons. The smallest absolute Gasteiger partial charge is 0.379 e. The fourth-order valence-electron chi connectivity index (χ4n) is 2.81. The van der Waals surface area contributed by atoms with E-state index in [1.165, 1.54) is 12.1 Å². The molecule has 2 rings (SSSR count). The Kier molecular flexibility index (Phi) is 7.52. The number of benzene rings is 2. The highest BCUT2D eigenvalue weighted by molar-refractivity contribution is 7.87. The minimum Gasteiger partial charge on any atom is -0.379 e. The van der Waals surface area contributed by atoms with E-state index in [1.54, 1.807) is 24.0 Å². The van der Waals surface area contributed by atoms with Crippen LogP contribution < -0.4 is 4.18 Å². The third-order valence-corrected chi connectivity index (χ3v) is 5.90. The number of amides is 1. The molecule has 2 aromatic carbocycles. The largest absolute Gasteiger partial charge is 0.416 e. The Morgan fingerprint density at radius 3 is 2.37 bits per heavy atom. The number of alkyl halides is 3. The maximum atomic E-state index is 12.9. The van der Waals surface area contributed by atoms with Gasteiger partial charge >= 0.3 is 16.3 Å². The zero-order valence-electron chi connectivity index (χ0n) is 16.9. The van der Waals surface area contributed by atoms with Gasteiger partial charge in [0, 0.05) is 19.0 Å². The lowest BCUT2D eigenvalue weighted by Gasteiger charge is -2.28. The van der Waals surface area contributed by atoms with Crippen LogP contribution in [0.15, 0.2) is 53.4 Å². The first-order valence-electron chi connectivity index (χ1n) is 9.48. The lowest BCUT2D eigenvalue weighted by molar-refractivity contribution is -0.137. The number of carbonyl (C=O) groups is 1. The summed E-state index contributed by atoms with van der Waals surface area (Å²) in [6, 6.07) is 9.51. The number of carbonyl (C=O) groups excluding carboxylic acids is 1. The minimum atomic E-state index is -4.67. The predicted molar refractivity (Wildman–Crippen MR) is 106 cm³/mol. The van der Waals surface area contributed by atoms with Gasteiger partial charge in [-0.25, -0.2) is 0 Å². The maximum Gasteiger partial charge on any atom is 0.416 e. The van der Waals surface area contributed by atoms with Crippen molar-refractivity contribution in [1.29, 1.82) is 0 Å². The molecule has 0 heterocycles. The zero-order chi connectivity index (χ0) is 22.5. The molecule has 5 nitrogen and oxygen atoms in total. The first-order valence-corrected chi connectivity index (χ1v) is 10.9. The lowest BCUT2D eigenvalue weighted by atomic mass is 10.1. The molecule has 0 aliphatic carbocycles. The quantitative estimate of drug-likeness (QED) is 0.538. The van der Waals surface area contributed by atoms with Crippen molar-refractivity contribution in [2.24, 2.45) is 0 Å². The van der Waals surface area contributed by atoms with Crippen LogP contribution in [-0.4, -0.2) is 25.3 Å². The molecule has 0 saturated carbocycles. The van der Waals surface area contributed by atoms with Gasteiger partial charge in [0.15, 0.2) is 0 Å². The molecule has 9 heteroatoms. The molecule has 0 N–H and O–H groups in total. The van der Waals surface area contributed by atoms with Gasteiger partial charge in [0.05, 0.1) is 5.56 Å². The summed E-state index contributed by atoms with van der Waals surface area (Å²) < 4.78 is 68.6. The number of halogens is 3. The van der Waals surface area contributed by atoms with E-state index in [1.807, 2.05) is 13.8 Å². The van der Waals surface area contributed by atoms with Crippen LogP contribution in [0, 0.1) is 0 Å². The van der Waals surface area contributed by atoms with Crippen molar-refractivity contribution in [2.75, 3.05) is 0 Å². The normalized spacial score (nSPS) is 13.0. The van der Waals surface area contributed by atoms with Gasteiger partial charge in [0.25, 0.3) is 0 Å². The maximum absolute atomic E-state index is 12.9. The molecule has 0 bridgehead atoms. The SMILES string of the molecule is CCC(=O)N(Cc1cccc(OS(=O)(=O)c2cccc(C(F)(F)F)c2)c1)C(C)CC. The molecule has 0 saturated heterocycles. The summed E-state index contributed by atoms with van der Waals surface area (Å²) in [6.45, 7) is 5.91. The molecular formula is C21H24F3NO4S. The molecule has 2 aromatic rings. The molecule has 30 heavy (non-hydrogen) atoms. The molecule has 0 spiro atoms. The monoisotopic (exact) mass is 443 g/mol. The van der Waals surface area contributed by atoms with E-state index < -0.39 is 26.8 Å². The van der Waals surface area contributed by atoms with Crippen LogP contribution in [0.2, 0.25) is 0 Å². The highest BCUT2D eigenvalue weighted by Crippen LogP contribution is 2.31. The third-order valence-electron chi connectivity index (χ3n) is 4.65. The van der Waals surface area contributed by atoms with E-state index in [0.29, 0.717) is 18.1 Å². The highest BCUT2D eigenvalue weighted by Gasteiger charge is 2.32. The van der Waals surface area contributed by atoms with Crippen molar-refractivity contribution in [3.8, 4) is 5.75 Å². The third kappa shape index (κ3) is 5.98. The summed E-state index contributed by atoms with van der Waals surface area (Å²) in [5.41, 5.74) is -0.433. The van der Waals surface area contributed by atoms with E-state index in [9.17, 15) is 26.4 Å². The topological polar surface area (TPSA) is 63.7 Å². The van der Waals surface area contributed by atoms with Crippen molar-refractivity contribution in [3.63, 3.8) is 0 Å². The van der Waals surface area contributed by atoms with Gasteiger partial charge in [-0.3, -0.25) is 4.79 Å². The zero-order valence-corrected chi connectivity index (χ0v) is 17.8. The molecule has 0 aliphatic heterocycles. The van der Waals surface area contributed by atoms with Crippen LogP contribution in [0.3, 0.4) is 0 Å². The van der Waals surface area contributed by atoms with Crippen LogP contribution in [-0.2, 0) is 27.6 Å². The van der Waals surface area contributed by atoms with Crippen molar-refractivity contribution >= 4 is 16.0 Å². The van der Waals surface area contributed by atoms with Crippen molar-refractivity contribution in [2.45, 2.75) is 57.3 Å². The molecule has 1 amide bonds. The Morgan fingerprint density at radius 1 is 1.10 bits per heavy atom. The summed E-state index contributed by atoms with van der Waals surface area (Å²) in [4.78, 5) is 13.3. The van der Waals surface area contributed by atoms with E-state index in [2.05, 4.69) is 0 Å². The summed E-state index contributed by atoms with van der Waals surface area (Å²) >= 11 is 0. The van der Waals surface area contributed by atoms with E-state index >= 15 is 0 Å². The van der Waals surface area contributed by atoms with Gasteiger partial charge in [-0.15, -0.1) is 0 Å². The number of rotatable bonds is 8. The van der Waals surface area contributed by atoms with Gasteiger partial charge in [0.1, 0.15) is 10.6 Å². The number of hydrogen-bond donors (Lipinski definition) is 0. The molecule has 164 valence electrons. The number of hydrogen-bond acceptors (Lipinski definition) is 4. The van der Waals surface area contributed by atoms with Crippen LogP contribution in [0.5, 0.6) is 5.75 Å². The standard InChI is InChI=1S/C21H24F3NO4S/c1-4-15(3)25(20(26)5-2)14-16-8-6-10-18(12-16)29-30(27,28)19-11-7-9-17(13-19)21(22,23)24/h6-13,15H,4-5,14H2,1-3H3. The van der Waals surface area contributed by atoms with Crippen LogP contribution in [0.1, 0.15) is 44.7 Å². The summed E-state index contributed by atoms with van der Waals surface area (Å²) in [6.07, 6.45) is -3.58. The van der Waals surface area contributed by atoms with Gasteiger partial charge in [-0.2, -0.15) is 21.6 Å². The molecule has 0 aliphatic rings. The second kappa shape index (κ2) is 9.51. The van der Waals surface area contributed by atoms with E-state index in [0.717, 1.165) is 24.6 Å². The van der Waals surface area contributed by atoms with Crippen molar-refractivity contribution in [3.05, 3.63) is 59.7 Å². The van der Waals surface area contributed by atoms with Crippen molar-refractivity contribution < 1.29 is 30.6 Å². The average Bonchev–Trinajstić information content (AvgIpc) is 2.70. The highest BCUT2D eigenvalue weighted by atomic mass is 32.2. The molecule has 1 unspecified atom stereocenters. The Labute approximate surface area is 174 Å². The molecule has 1 atom stereocenters. The molecular weight excluding hydrogens is 419 g/mol. The minimum absolute atomic E-state index is 0.00383. The Hall–Kier alpha value is -2.55. The van der Waals surface area contributed by atoms with Gasteiger partial charge in [-0.05, 0) is 49.2 Å².